The summed E-state index contributed by atoms with van der Waals surface area (Å²) in [5.74, 6) is -4.13. The van der Waals surface area contributed by atoms with Crippen LogP contribution in [0.3, 0.4) is 0 Å². The average molecular weight is 462 g/mol. The Kier molecular flexibility index (Phi) is 6.13. The molecule has 0 radical (unpaired) electrons. The molecule has 1 heterocycles. The molecule has 0 aliphatic carbocycles. The smallest absolute Gasteiger partial charge is 0.335 e. The first-order valence-electron chi connectivity index (χ1n) is 9.83. The molecule has 0 amide bonds. The number of carbonyl (C=O) groups is 2. The molecule has 0 aliphatic rings. The fourth-order valence-corrected chi connectivity index (χ4v) is 3.10. The number of halogens is 2. The minimum Gasteiger partial charge on any atom is -0.478 e. The van der Waals surface area contributed by atoms with Gasteiger partial charge in [-0.2, -0.15) is 10.2 Å². The van der Waals surface area contributed by atoms with E-state index in [0.717, 1.165) is 12.1 Å². The molecule has 170 valence electrons. The Hall–Kier alpha value is -4.86. The number of carboxylic acid groups (broad SMARTS) is 2. The predicted octanol–water partition coefficient (Wildman–Crippen LogP) is 4.66. The molecule has 3 N–H and O–H groups in total. The third-order valence-electron chi connectivity index (χ3n) is 4.84. The fraction of sp³-hybridized carbons (Fsp3) is 0. The number of hydrogen-bond acceptors (Lipinski definition) is 5. The number of anilines is 1. The molecule has 4 aromatic rings. The van der Waals surface area contributed by atoms with Crippen molar-refractivity contribution >= 4 is 23.8 Å². The lowest BCUT2D eigenvalue weighted by Gasteiger charge is -2.02. The van der Waals surface area contributed by atoms with E-state index >= 15 is 0 Å². The van der Waals surface area contributed by atoms with Crippen molar-refractivity contribution in [2.24, 2.45) is 5.10 Å². The highest BCUT2D eigenvalue weighted by atomic mass is 19.2. The summed E-state index contributed by atoms with van der Waals surface area (Å²) in [4.78, 5) is 22.1. The lowest BCUT2D eigenvalue weighted by molar-refractivity contribution is 0.0686. The summed E-state index contributed by atoms with van der Waals surface area (Å²) in [7, 11) is 0. The number of hydrazone groups is 1. The molecular weight excluding hydrogens is 446 g/mol. The van der Waals surface area contributed by atoms with Crippen LogP contribution in [-0.2, 0) is 0 Å². The van der Waals surface area contributed by atoms with Gasteiger partial charge in [-0.05, 0) is 66.7 Å². The maximum absolute atomic E-state index is 13.9. The van der Waals surface area contributed by atoms with Gasteiger partial charge in [-0.3, -0.25) is 5.43 Å². The summed E-state index contributed by atoms with van der Waals surface area (Å²) >= 11 is 0. The lowest BCUT2D eigenvalue weighted by Crippen LogP contribution is -1.99. The predicted molar refractivity (Wildman–Crippen MR) is 120 cm³/mol. The first kappa shape index (κ1) is 22.3. The van der Waals surface area contributed by atoms with Gasteiger partial charge in [0.1, 0.15) is 5.69 Å². The number of hydrogen-bond donors (Lipinski definition) is 3. The topological polar surface area (TPSA) is 117 Å². The first-order chi connectivity index (χ1) is 16.3. The minimum absolute atomic E-state index is 0.108. The largest absolute Gasteiger partial charge is 0.478 e. The molecule has 4 rings (SSSR count). The van der Waals surface area contributed by atoms with E-state index in [0.29, 0.717) is 28.2 Å². The highest BCUT2D eigenvalue weighted by molar-refractivity contribution is 5.90. The van der Waals surface area contributed by atoms with Gasteiger partial charge in [0.05, 0.1) is 28.7 Å². The molecule has 0 bridgehead atoms. The Balaban J connectivity index is 1.67. The Morgan fingerprint density at radius 1 is 0.882 bits per heavy atom. The molecule has 0 atom stereocenters. The highest BCUT2D eigenvalue weighted by Gasteiger charge is 2.14. The normalized spacial score (nSPS) is 11.0. The molecule has 10 heteroatoms. The summed E-state index contributed by atoms with van der Waals surface area (Å²) in [6, 6.07) is 15.3. The highest BCUT2D eigenvalue weighted by Crippen LogP contribution is 2.25. The van der Waals surface area contributed by atoms with Gasteiger partial charge in [0.15, 0.2) is 11.6 Å². The van der Waals surface area contributed by atoms with Crippen LogP contribution in [0, 0.1) is 11.6 Å². The van der Waals surface area contributed by atoms with Crippen LogP contribution in [0.15, 0.2) is 78.0 Å². The second kappa shape index (κ2) is 9.33. The van der Waals surface area contributed by atoms with Crippen molar-refractivity contribution in [1.82, 2.24) is 9.78 Å². The van der Waals surface area contributed by atoms with Crippen LogP contribution in [0.25, 0.3) is 16.9 Å². The zero-order valence-corrected chi connectivity index (χ0v) is 17.3. The van der Waals surface area contributed by atoms with Gasteiger partial charge in [0.2, 0.25) is 0 Å². The van der Waals surface area contributed by atoms with Crippen LogP contribution in [0.1, 0.15) is 26.3 Å². The first-order valence-corrected chi connectivity index (χ1v) is 9.83. The van der Waals surface area contributed by atoms with Gasteiger partial charge < -0.3 is 10.2 Å². The van der Waals surface area contributed by atoms with Crippen molar-refractivity contribution in [3.63, 3.8) is 0 Å². The number of aromatic carboxylic acids is 2. The maximum atomic E-state index is 13.9. The molecule has 0 spiro atoms. The van der Waals surface area contributed by atoms with Crippen molar-refractivity contribution in [1.29, 1.82) is 0 Å². The standard InChI is InChI=1S/C24H16F2N4O4/c25-20-10-5-16(11-21(20)26)22-17(12-27-28-18-6-1-14(2-7-18)23(31)32)13-30(29-22)19-8-3-15(4-9-19)24(33)34/h1-13,28H,(H,31,32)(H,33,34)/b27-12+. The van der Waals surface area contributed by atoms with Crippen LogP contribution in [0.4, 0.5) is 14.5 Å². The quantitative estimate of drug-likeness (QED) is 0.272. The monoisotopic (exact) mass is 462 g/mol. The van der Waals surface area contributed by atoms with Crippen LogP contribution >= 0.6 is 0 Å². The van der Waals surface area contributed by atoms with E-state index < -0.39 is 23.6 Å². The summed E-state index contributed by atoms with van der Waals surface area (Å²) in [5, 5.41) is 26.6. The molecule has 0 saturated carbocycles. The van der Waals surface area contributed by atoms with Crippen LogP contribution in [0.5, 0.6) is 0 Å². The van der Waals surface area contributed by atoms with Gasteiger partial charge in [0, 0.05) is 17.3 Å². The van der Waals surface area contributed by atoms with Crippen molar-refractivity contribution in [2.75, 3.05) is 5.43 Å². The van der Waals surface area contributed by atoms with E-state index in [4.69, 9.17) is 10.2 Å². The Morgan fingerprint density at radius 2 is 1.50 bits per heavy atom. The minimum atomic E-state index is -1.07. The number of nitrogens with zero attached hydrogens (tertiary/aromatic N) is 3. The summed E-state index contributed by atoms with van der Waals surface area (Å²) < 4.78 is 28.8. The van der Waals surface area contributed by atoms with E-state index in [1.165, 1.54) is 41.2 Å². The van der Waals surface area contributed by atoms with Gasteiger partial charge in [0.25, 0.3) is 0 Å². The van der Waals surface area contributed by atoms with E-state index in [9.17, 15) is 18.4 Å². The van der Waals surface area contributed by atoms with E-state index in [-0.39, 0.29) is 11.1 Å². The summed E-state index contributed by atoms with van der Waals surface area (Å²) in [6.45, 7) is 0. The molecule has 34 heavy (non-hydrogen) atoms. The Morgan fingerprint density at radius 3 is 2.09 bits per heavy atom. The number of rotatable bonds is 7. The SMILES string of the molecule is O=C(O)c1ccc(N/N=C/c2cn(-c3ccc(C(=O)O)cc3)nc2-c2ccc(F)c(F)c2)cc1. The third kappa shape index (κ3) is 4.80. The number of nitrogens with one attached hydrogen (secondary N) is 1. The molecule has 0 aliphatic heterocycles. The van der Waals surface area contributed by atoms with E-state index in [1.54, 1.807) is 30.5 Å². The van der Waals surface area contributed by atoms with Crippen molar-refractivity contribution in [2.45, 2.75) is 0 Å². The third-order valence-corrected chi connectivity index (χ3v) is 4.84. The lowest BCUT2D eigenvalue weighted by atomic mass is 10.1. The van der Waals surface area contributed by atoms with Crippen molar-refractivity contribution in [3.05, 3.63) is 101 Å². The second-order valence-electron chi connectivity index (χ2n) is 7.11. The van der Waals surface area contributed by atoms with Crippen molar-refractivity contribution in [3.8, 4) is 16.9 Å². The summed E-state index contributed by atoms with van der Waals surface area (Å²) in [6.07, 6.45) is 3.03. The number of aromatic nitrogens is 2. The molecule has 0 fully saturated rings. The molecule has 0 unspecified atom stereocenters. The Labute approximate surface area is 191 Å². The molecule has 3 aromatic carbocycles. The van der Waals surface area contributed by atoms with Gasteiger partial charge in [-0.15, -0.1) is 0 Å². The van der Waals surface area contributed by atoms with Crippen molar-refractivity contribution < 1.29 is 28.6 Å². The average Bonchev–Trinajstić information content (AvgIpc) is 3.25. The number of benzene rings is 3. The van der Waals surface area contributed by atoms with Gasteiger partial charge in [-0.25, -0.2) is 23.1 Å². The maximum Gasteiger partial charge on any atom is 0.335 e. The number of carboxylic acids is 2. The van der Waals surface area contributed by atoms with Crippen LogP contribution < -0.4 is 5.43 Å². The van der Waals surface area contributed by atoms with Gasteiger partial charge >= 0.3 is 11.9 Å². The summed E-state index contributed by atoms with van der Waals surface area (Å²) in [5.41, 5.74) is 5.17. The Bertz CT molecular complexity index is 1400. The zero-order chi connectivity index (χ0) is 24.2. The van der Waals surface area contributed by atoms with E-state index in [1.807, 2.05) is 0 Å². The molecule has 1 aromatic heterocycles. The zero-order valence-electron chi connectivity index (χ0n) is 17.3. The van der Waals surface area contributed by atoms with Crippen LogP contribution in [-0.4, -0.2) is 38.1 Å². The molecule has 0 saturated heterocycles. The molecular formula is C24H16F2N4O4. The van der Waals surface area contributed by atoms with E-state index in [2.05, 4.69) is 15.6 Å². The van der Waals surface area contributed by atoms with Gasteiger partial charge in [-0.1, -0.05) is 0 Å². The fourth-order valence-electron chi connectivity index (χ4n) is 3.10. The van der Waals surface area contributed by atoms with Crippen LogP contribution in [0.2, 0.25) is 0 Å². The molecule has 8 nitrogen and oxygen atoms in total. The second-order valence-corrected chi connectivity index (χ2v) is 7.11.